The lowest BCUT2D eigenvalue weighted by molar-refractivity contribution is -0.126. The molecule has 0 bridgehead atoms. The molecule has 0 aliphatic carbocycles. The van der Waals surface area contributed by atoms with Crippen molar-refractivity contribution in [3.63, 3.8) is 0 Å². The summed E-state index contributed by atoms with van der Waals surface area (Å²) in [7, 11) is 0. The van der Waals surface area contributed by atoms with Gasteiger partial charge in [-0.15, -0.1) is 0 Å². The topological polar surface area (TPSA) is 183 Å². The van der Waals surface area contributed by atoms with E-state index in [1.54, 1.807) is 72.8 Å². The van der Waals surface area contributed by atoms with Crippen LogP contribution in [0.1, 0.15) is 54.5 Å². The normalized spacial score (nSPS) is 10.4. The second-order valence-corrected chi connectivity index (χ2v) is 14.6. The van der Waals surface area contributed by atoms with E-state index in [0.29, 0.717) is 48.6 Å². The molecular weight excluding hydrogens is 813 g/mol. The van der Waals surface area contributed by atoms with Gasteiger partial charge >= 0.3 is 0 Å². The Balaban J connectivity index is 1.09. The van der Waals surface area contributed by atoms with Gasteiger partial charge < -0.3 is 39.9 Å². The zero-order valence-corrected chi connectivity index (χ0v) is 35.1. The third-order valence-electron chi connectivity index (χ3n) is 9.74. The Bertz CT molecular complexity index is 2530. The SMILES string of the molecule is O=C(CN(CC(=O)NCc1ccco1)C(=O)c1ccc(C#Cc2cccc(C(=O)N(CC(=O)NCCc3ccccc3)CC(=O)NCc3ccco3)c2)cc1)NCCc1ccccc1. The molecule has 0 saturated carbocycles. The monoisotopic (exact) mass is 860 g/mol. The average Bonchev–Trinajstić information content (AvgIpc) is 4.05. The minimum absolute atomic E-state index is 0.118. The molecule has 0 fully saturated rings. The lowest BCUT2D eigenvalue weighted by atomic mass is 10.1. The first-order chi connectivity index (χ1) is 31.2. The maximum atomic E-state index is 13.9. The van der Waals surface area contributed by atoms with Crippen LogP contribution in [0.15, 0.2) is 155 Å². The number of nitrogens with zero attached hydrogens (tertiary/aromatic N) is 2. The highest BCUT2D eigenvalue weighted by Crippen LogP contribution is 2.12. The Morgan fingerprint density at radius 3 is 1.36 bits per heavy atom. The van der Waals surface area contributed by atoms with Crippen molar-refractivity contribution in [3.8, 4) is 11.8 Å². The quantitative estimate of drug-likeness (QED) is 0.0810. The smallest absolute Gasteiger partial charge is 0.254 e. The minimum Gasteiger partial charge on any atom is -0.467 e. The fraction of sp³-hybridized carbons (Fsp3) is 0.200. The van der Waals surface area contributed by atoms with Gasteiger partial charge in [0.25, 0.3) is 11.8 Å². The number of benzene rings is 4. The van der Waals surface area contributed by atoms with Crippen molar-refractivity contribution in [2.75, 3.05) is 39.3 Å². The molecule has 0 atom stereocenters. The van der Waals surface area contributed by atoms with E-state index in [1.807, 2.05) is 60.7 Å². The third kappa shape index (κ3) is 14.8. The Morgan fingerprint density at radius 1 is 0.438 bits per heavy atom. The van der Waals surface area contributed by atoms with Crippen LogP contribution in [0.5, 0.6) is 0 Å². The summed E-state index contributed by atoms with van der Waals surface area (Å²) in [5.41, 5.74) is 3.61. The van der Waals surface area contributed by atoms with Crippen LogP contribution in [0.4, 0.5) is 0 Å². The predicted octanol–water partition coefficient (Wildman–Crippen LogP) is 4.51. The van der Waals surface area contributed by atoms with Crippen molar-refractivity contribution in [3.05, 3.63) is 191 Å². The number of nitrogens with one attached hydrogen (secondary N) is 4. The van der Waals surface area contributed by atoms with Crippen molar-refractivity contribution in [2.24, 2.45) is 0 Å². The van der Waals surface area contributed by atoms with Gasteiger partial charge in [0.05, 0.1) is 25.6 Å². The van der Waals surface area contributed by atoms with Gasteiger partial charge in [-0.1, -0.05) is 78.6 Å². The van der Waals surface area contributed by atoms with Gasteiger partial charge in [0, 0.05) is 35.3 Å². The molecule has 0 radical (unpaired) electrons. The summed E-state index contributed by atoms with van der Waals surface area (Å²) in [5.74, 6) is 4.32. The van der Waals surface area contributed by atoms with E-state index in [-0.39, 0.29) is 50.4 Å². The highest BCUT2D eigenvalue weighted by atomic mass is 16.3. The Hall–Kier alpha value is -8.18. The van der Waals surface area contributed by atoms with Crippen molar-refractivity contribution in [1.29, 1.82) is 0 Å². The highest BCUT2D eigenvalue weighted by Gasteiger charge is 2.23. The number of furan rings is 2. The first kappa shape index (κ1) is 45.3. The standard InChI is InChI=1S/C50H48N6O8/c57-45(51-26-24-37-10-3-1-4-11-37)33-55(35-47(59)53-31-43-16-8-28-63-43)49(61)41-22-20-39(21-23-41)18-19-40-14-7-15-42(30-40)50(62)56(36-48(60)54-32-44-17-9-29-64-44)34-46(58)52-27-25-38-12-5-2-6-13-38/h1-17,20-23,28-30H,24-27,31-36H2,(H,51,57)(H,52,58)(H,53,59)(H,54,60). The van der Waals surface area contributed by atoms with E-state index >= 15 is 0 Å². The number of carbonyl (C=O) groups is 6. The molecule has 14 heteroatoms. The zero-order chi connectivity index (χ0) is 44.9. The second kappa shape index (κ2) is 23.7. The number of rotatable bonds is 20. The van der Waals surface area contributed by atoms with E-state index in [0.717, 1.165) is 11.1 Å². The molecular formula is C50H48N6O8. The Kier molecular flexibility index (Phi) is 16.8. The van der Waals surface area contributed by atoms with Crippen molar-refractivity contribution >= 4 is 35.4 Å². The maximum absolute atomic E-state index is 13.9. The van der Waals surface area contributed by atoms with Crippen LogP contribution in [0.2, 0.25) is 0 Å². The first-order valence-corrected chi connectivity index (χ1v) is 20.7. The van der Waals surface area contributed by atoms with E-state index in [1.165, 1.54) is 22.3 Å². The second-order valence-electron chi connectivity index (χ2n) is 14.6. The Labute approximate surface area is 371 Å². The summed E-state index contributed by atoms with van der Waals surface area (Å²) in [6, 6.07) is 39.1. The maximum Gasteiger partial charge on any atom is 0.254 e. The zero-order valence-electron chi connectivity index (χ0n) is 35.1. The van der Waals surface area contributed by atoms with Crippen molar-refractivity contribution < 1.29 is 37.6 Å². The minimum atomic E-state index is -0.540. The third-order valence-corrected chi connectivity index (χ3v) is 9.74. The van der Waals surface area contributed by atoms with Gasteiger partial charge in [-0.05, 0) is 90.7 Å². The average molecular weight is 861 g/mol. The molecule has 0 saturated heterocycles. The van der Waals surface area contributed by atoms with Gasteiger partial charge in [-0.2, -0.15) is 0 Å². The predicted molar refractivity (Wildman–Crippen MR) is 238 cm³/mol. The molecule has 6 rings (SSSR count). The molecule has 0 aliphatic heterocycles. The summed E-state index contributed by atoms with van der Waals surface area (Å²) in [5, 5.41) is 11.1. The molecule has 4 N–H and O–H groups in total. The molecule has 2 heterocycles. The van der Waals surface area contributed by atoms with Gasteiger partial charge in [-0.25, -0.2) is 0 Å². The molecule has 4 aromatic carbocycles. The van der Waals surface area contributed by atoms with Gasteiger partial charge in [0.1, 0.15) is 37.7 Å². The van der Waals surface area contributed by atoms with Gasteiger partial charge in [0.15, 0.2) is 0 Å². The largest absolute Gasteiger partial charge is 0.467 e. The first-order valence-electron chi connectivity index (χ1n) is 20.7. The molecule has 326 valence electrons. The van der Waals surface area contributed by atoms with Crippen LogP contribution in [0, 0.1) is 11.8 Å². The van der Waals surface area contributed by atoms with Gasteiger partial charge in [-0.3, -0.25) is 28.8 Å². The molecule has 6 amide bonds. The molecule has 64 heavy (non-hydrogen) atoms. The lowest BCUT2D eigenvalue weighted by Gasteiger charge is -2.22. The van der Waals surface area contributed by atoms with Crippen molar-refractivity contribution in [1.82, 2.24) is 31.1 Å². The van der Waals surface area contributed by atoms with E-state index in [4.69, 9.17) is 8.83 Å². The number of amides is 6. The summed E-state index contributed by atoms with van der Waals surface area (Å²) >= 11 is 0. The van der Waals surface area contributed by atoms with E-state index < -0.39 is 35.4 Å². The van der Waals surface area contributed by atoms with Crippen LogP contribution >= 0.6 is 0 Å². The molecule has 0 aliphatic rings. The molecule has 0 unspecified atom stereocenters. The van der Waals surface area contributed by atoms with Gasteiger partial charge in [0.2, 0.25) is 23.6 Å². The summed E-state index contributed by atoms with van der Waals surface area (Å²) in [6.45, 7) is -0.490. The van der Waals surface area contributed by atoms with E-state index in [2.05, 4.69) is 33.1 Å². The number of hydrogen-bond donors (Lipinski definition) is 4. The van der Waals surface area contributed by atoms with Crippen LogP contribution < -0.4 is 21.3 Å². The molecule has 14 nitrogen and oxygen atoms in total. The summed E-state index contributed by atoms with van der Waals surface area (Å²) in [6.07, 6.45) is 4.19. The Morgan fingerprint density at radius 2 is 0.891 bits per heavy atom. The summed E-state index contributed by atoms with van der Waals surface area (Å²) in [4.78, 5) is 81.9. The summed E-state index contributed by atoms with van der Waals surface area (Å²) < 4.78 is 10.6. The lowest BCUT2D eigenvalue weighted by Crippen LogP contribution is -2.46. The number of hydrogen-bond acceptors (Lipinski definition) is 8. The molecule has 6 aromatic rings. The fourth-order valence-corrected chi connectivity index (χ4v) is 6.43. The van der Waals surface area contributed by atoms with Crippen LogP contribution in [-0.4, -0.2) is 84.5 Å². The highest BCUT2D eigenvalue weighted by molar-refractivity contribution is 6.00. The van der Waals surface area contributed by atoms with Crippen LogP contribution in [-0.2, 0) is 45.1 Å². The van der Waals surface area contributed by atoms with Crippen molar-refractivity contribution in [2.45, 2.75) is 25.9 Å². The van der Waals surface area contributed by atoms with Crippen LogP contribution in [0.3, 0.4) is 0 Å². The number of carbonyl (C=O) groups excluding carboxylic acids is 6. The molecule has 2 aromatic heterocycles. The molecule has 0 spiro atoms. The fourth-order valence-electron chi connectivity index (χ4n) is 6.43. The van der Waals surface area contributed by atoms with E-state index in [9.17, 15) is 28.8 Å². The van der Waals surface area contributed by atoms with Crippen LogP contribution in [0.25, 0.3) is 0 Å².